The number of rotatable bonds is 5. The van der Waals surface area contributed by atoms with Crippen LogP contribution in [0.2, 0.25) is 0 Å². The van der Waals surface area contributed by atoms with Crippen LogP contribution in [0.3, 0.4) is 0 Å². The molecule has 4 aromatic rings. The highest BCUT2D eigenvalue weighted by molar-refractivity contribution is 6.02. The summed E-state index contributed by atoms with van der Waals surface area (Å²) < 4.78 is 11.4. The Bertz CT molecular complexity index is 1350. The van der Waals surface area contributed by atoms with Crippen molar-refractivity contribution in [2.75, 3.05) is 31.2 Å². The second kappa shape index (κ2) is 8.86. The van der Waals surface area contributed by atoms with Crippen LogP contribution in [0.15, 0.2) is 84.9 Å². The van der Waals surface area contributed by atoms with Gasteiger partial charge in [0, 0.05) is 36.7 Å². The number of anilines is 1. The molecule has 1 unspecified atom stereocenters. The van der Waals surface area contributed by atoms with E-state index in [0.29, 0.717) is 25.6 Å². The Morgan fingerprint density at radius 1 is 0.824 bits per heavy atom. The maximum atomic E-state index is 13.3. The molecule has 1 fully saturated rings. The molecule has 170 valence electrons. The Kier molecular flexibility index (Phi) is 5.42. The van der Waals surface area contributed by atoms with Gasteiger partial charge in [0.25, 0.3) is 0 Å². The number of carbonyl (C=O) groups is 1. The van der Waals surface area contributed by atoms with Crippen LogP contribution in [-0.4, -0.2) is 32.1 Å². The Morgan fingerprint density at radius 2 is 1.56 bits per heavy atom. The molecule has 0 aliphatic carbocycles. The highest BCUT2D eigenvalue weighted by Gasteiger charge is 2.25. The maximum absolute atomic E-state index is 13.3. The van der Waals surface area contributed by atoms with E-state index in [2.05, 4.69) is 53.4 Å². The van der Waals surface area contributed by atoms with E-state index >= 15 is 0 Å². The number of carbonyl (C=O) groups excluding carboxylic acids is 1. The summed E-state index contributed by atoms with van der Waals surface area (Å²) in [6, 6.07) is 28.9. The summed E-state index contributed by atoms with van der Waals surface area (Å²) in [5.41, 5.74) is 4.38. The average Bonchev–Trinajstić information content (AvgIpc) is 3.38. The van der Waals surface area contributed by atoms with Gasteiger partial charge in [0.1, 0.15) is 13.2 Å². The molecule has 4 heteroatoms. The molecule has 2 aliphatic rings. The molecular formula is C30H27NO3. The Labute approximate surface area is 199 Å². The predicted molar refractivity (Wildman–Crippen MR) is 135 cm³/mol. The van der Waals surface area contributed by atoms with Gasteiger partial charge in [0.05, 0.1) is 0 Å². The summed E-state index contributed by atoms with van der Waals surface area (Å²) in [5, 5.41) is 2.04. The number of hydrogen-bond acceptors (Lipinski definition) is 4. The zero-order chi connectivity index (χ0) is 22.9. The third-order valence-electron chi connectivity index (χ3n) is 6.97. The van der Waals surface area contributed by atoms with Gasteiger partial charge in [-0.05, 0) is 52.6 Å². The van der Waals surface area contributed by atoms with Gasteiger partial charge < -0.3 is 14.4 Å². The van der Waals surface area contributed by atoms with Crippen LogP contribution in [0, 0.1) is 0 Å². The van der Waals surface area contributed by atoms with Crippen LogP contribution < -0.4 is 14.4 Å². The van der Waals surface area contributed by atoms with Crippen molar-refractivity contribution in [1.82, 2.24) is 0 Å². The monoisotopic (exact) mass is 449 g/mol. The fraction of sp³-hybridized carbons (Fsp3) is 0.233. The van der Waals surface area contributed by atoms with Crippen LogP contribution in [0.25, 0.3) is 10.8 Å². The van der Waals surface area contributed by atoms with Gasteiger partial charge in [-0.25, -0.2) is 0 Å². The Balaban J connectivity index is 1.23. The highest BCUT2D eigenvalue weighted by atomic mass is 16.6. The molecule has 6 rings (SSSR count). The molecule has 1 atom stereocenters. The van der Waals surface area contributed by atoms with Crippen LogP contribution in [0.4, 0.5) is 5.69 Å². The lowest BCUT2D eigenvalue weighted by Gasteiger charge is -2.22. The molecule has 2 aliphatic heterocycles. The van der Waals surface area contributed by atoms with E-state index in [1.165, 1.54) is 11.3 Å². The van der Waals surface area contributed by atoms with E-state index in [4.69, 9.17) is 9.47 Å². The SMILES string of the molecule is O=C(Cc1ccccc1N1CCC(c2ccccc2)C1)c1ccc2cc3c(cc2c1)OCCO3. The number of ether oxygens (including phenoxy) is 2. The zero-order valence-corrected chi connectivity index (χ0v) is 19.1. The second-order valence-corrected chi connectivity index (χ2v) is 9.13. The summed E-state index contributed by atoms with van der Waals surface area (Å²) in [6.07, 6.45) is 1.52. The highest BCUT2D eigenvalue weighted by Crippen LogP contribution is 2.36. The molecule has 2 heterocycles. The number of benzene rings is 4. The minimum Gasteiger partial charge on any atom is -0.486 e. The number of fused-ring (bicyclic) bond motifs is 2. The standard InChI is InChI=1S/C30H27NO3/c32-28(24-11-10-22-18-29-30(19-26(22)16-24)34-15-14-33-29)17-23-8-4-5-9-27(23)31-13-12-25(20-31)21-6-2-1-3-7-21/h1-11,16,18-19,25H,12-15,17,20H2. The molecule has 4 aromatic carbocycles. The maximum Gasteiger partial charge on any atom is 0.167 e. The van der Waals surface area contributed by atoms with Gasteiger partial charge in [-0.1, -0.05) is 60.7 Å². The number of nitrogens with zero attached hydrogens (tertiary/aromatic N) is 1. The van der Waals surface area contributed by atoms with Crippen LogP contribution in [0.1, 0.15) is 33.8 Å². The zero-order valence-electron chi connectivity index (χ0n) is 19.1. The van der Waals surface area contributed by atoms with E-state index < -0.39 is 0 Å². The molecule has 0 amide bonds. The number of hydrogen-bond donors (Lipinski definition) is 0. The van der Waals surface area contributed by atoms with Crippen molar-refractivity contribution < 1.29 is 14.3 Å². The fourth-order valence-electron chi connectivity index (χ4n) is 5.18. The normalized spacial score (nSPS) is 17.2. The predicted octanol–water partition coefficient (Wildman–Crippen LogP) is 6.03. The minimum absolute atomic E-state index is 0.128. The van der Waals surface area contributed by atoms with Crippen LogP contribution >= 0.6 is 0 Å². The first-order chi connectivity index (χ1) is 16.7. The summed E-state index contributed by atoms with van der Waals surface area (Å²) in [4.78, 5) is 15.8. The van der Waals surface area contributed by atoms with Gasteiger partial charge in [-0.3, -0.25) is 4.79 Å². The first-order valence-corrected chi connectivity index (χ1v) is 12.0. The van der Waals surface area contributed by atoms with Crippen molar-refractivity contribution in [1.29, 1.82) is 0 Å². The van der Waals surface area contributed by atoms with Crippen molar-refractivity contribution >= 4 is 22.2 Å². The molecule has 0 N–H and O–H groups in total. The lowest BCUT2D eigenvalue weighted by atomic mass is 9.98. The second-order valence-electron chi connectivity index (χ2n) is 9.13. The summed E-state index contributed by atoms with van der Waals surface area (Å²) >= 11 is 0. The molecule has 4 nitrogen and oxygen atoms in total. The largest absolute Gasteiger partial charge is 0.486 e. The lowest BCUT2D eigenvalue weighted by Crippen LogP contribution is -2.21. The van der Waals surface area contributed by atoms with Gasteiger partial charge in [-0.15, -0.1) is 0 Å². The third-order valence-corrected chi connectivity index (χ3v) is 6.97. The molecule has 0 aromatic heterocycles. The third kappa shape index (κ3) is 4.01. The van der Waals surface area contributed by atoms with E-state index in [9.17, 15) is 4.79 Å². The van der Waals surface area contributed by atoms with Crippen LogP contribution in [0.5, 0.6) is 11.5 Å². The van der Waals surface area contributed by atoms with Crippen molar-refractivity contribution in [3.05, 3.63) is 102 Å². The summed E-state index contributed by atoms with van der Waals surface area (Å²) in [7, 11) is 0. The van der Waals surface area contributed by atoms with E-state index in [1.807, 2.05) is 36.4 Å². The van der Waals surface area contributed by atoms with Crippen molar-refractivity contribution in [3.8, 4) is 11.5 Å². The van der Waals surface area contributed by atoms with E-state index in [1.54, 1.807) is 0 Å². The topological polar surface area (TPSA) is 38.8 Å². The summed E-state index contributed by atoms with van der Waals surface area (Å²) in [5.74, 6) is 2.17. The molecule has 1 saturated heterocycles. The van der Waals surface area contributed by atoms with Gasteiger partial charge in [-0.2, -0.15) is 0 Å². The van der Waals surface area contributed by atoms with E-state index in [-0.39, 0.29) is 5.78 Å². The molecule has 34 heavy (non-hydrogen) atoms. The fourth-order valence-corrected chi connectivity index (χ4v) is 5.18. The smallest absolute Gasteiger partial charge is 0.167 e. The van der Waals surface area contributed by atoms with Crippen molar-refractivity contribution in [3.63, 3.8) is 0 Å². The molecule has 0 radical (unpaired) electrons. The molecular weight excluding hydrogens is 422 g/mol. The quantitative estimate of drug-likeness (QED) is 0.349. The average molecular weight is 450 g/mol. The first-order valence-electron chi connectivity index (χ1n) is 12.0. The number of Topliss-reactive ketones (excluding diaryl/α,β-unsaturated/α-hetero) is 1. The molecule has 0 spiro atoms. The van der Waals surface area contributed by atoms with Crippen molar-refractivity contribution in [2.24, 2.45) is 0 Å². The number of ketones is 1. The Hall–Kier alpha value is -3.79. The van der Waals surface area contributed by atoms with Gasteiger partial charge in [0.15, 0.2) is 17.3 Å². The van der Waals surface area contributed by atoms with Crippen molar-refractivity contribution in [2.45, 2.75) is 18.8 Å². The molecule has 0 saturated carbocycles. The Morgan fingerprint density at radius 3 is 2.38 bits per heavy atom. The number of para-hydroxylation sites is 1. The molecule has 0 bridgehead atoms. The lowest BCUT2D eigenvalue weighted by molar-refractivity contribution is 0.0993. The summed E-state index contributed by atoms with van der Waals surface area (Å²) in [6.45, 7) is 3.11. The minimum atomic E-state index is 0.128. The van der Waals surface area contributed by atoms with Gasteiger partial charge >= 0.3 is 0 Å². The van der Waals surface area contributed by atoms with E-state index in [0.717, 1.165) is 52.9 Å². The van der Waals surface area contributed by atoms with Crippen LogP contribution in [-0.2, 0) is 6.42 Å². The van der Waals surface area contributed by atoms with Gasteiger partial charge in [0.2, 0.25) is 0 Å². The first kappa shape index (κ1) is 20.8.